The summed E-state index contributed by atoms with van der Waals surface area (Å²) in [5.74, 6) is -1.68. The van der Waals surface area contributed by atoms with Crippen molar-refractivity contribution in [2.45, 2.75) is 6.61 Å². The molecule has 1 N–H and O–H groups in total. The minimum atomic E-state index is -0.571. The third-order valence-corrected chi connectivity index (χ3v) is 4.41. The van der Waals surface area contributed by atoms with E-state index in [1.807, 2.05) is 30.3 Å². The molecule has 1 aliphatic rings. The van der Waals surface area contributed by atoms with Crippen LogP contribution in [0.2, 0.25) is 0 Å². The number of hydroxylamine groups is 1. The second-order valence-electron chi connectivity index (χ2n) is 6.33. The number of methoxy groups -OCH3 is 1. The fourth-order valence-corrected chi connectivity index (χ4v) is 2.78. The molecule has 0 aliphatic carbocycles. The lowest BCUT2D eigenvalue weighted by Crippen LogP contribution is -2.56. The zero-order valence-electron chi connectivity index (χ0n) is 15.3. The number of amides is 2. The normalized spacial score (nSPS) is 13.4. The van der Waals surface area contributed by atoms with Crippen LogP contribution in [-0.2, 0) is 20.9 Å². The number of carbonyl (C=O) groups is 3. The fraction of sp³-hybridized carbons (Fsp3) is 0.250. The van der Waals surface area contributed by atoms with Gasteiger partial charge in [0.05, 0.1) is 24.3 Å². The lowest BCUT2D eigenvalue weighted by Gasteiger charge is -2.38. The monoisotopic (exact) mass is 384 g/mol. The van der Waals surface area contributed by atoms with E-state index in [1.54, 1.807) is 0 Å². The largest absolute Gasteiger partial charge is 0.465 e. The topological polar surface area (TPSA) is 96.4 Å². The number of carbonyl (C=O) groups excluding carboxylic acids is 3. The predicted molar refractivity (Wildman–Crippen MR) is 98.7 cm³/mol. The Morgan fingerprint density at radius 3 is 2.50 bits per heavy atom. The van der Waals surface area contributed by atoms with Gasteiger partial charge in [-0.15, -0.1) is 0 Å². The summed E-state index contributed by atoms with van der Waals surface area (Å²) in [7, 11) is 1.25. The Balaban J connectivity index is 1.51. The average molecular weight is 384 g/mol. The summed E-state index contributed by atoms with van der Waals surface area (Å²) >= 11 is 0. The molecule has 2 aromatic rings. The van der Waals surface area contributed by atoms with Crippen LogP contribution in [0.4, 0.5) is 10.5 Å². The Labute approximate surface area is 161 Å². The molecule has 0 aromatic heterocycles. The van der Waals surface area contributed by atoms with Crippen LogP contribution in [0.5, 0.6) is 0 Å². The summed E-state index contributed by atoms with van der Waals surface area (Å²) in [5, 5.41) is 10.7. The second kappa shape index (κ2) is 8.53. The van der Waals surface area contributed by atoms with Crippen molar-refractivity contribution in [3.8, 4) is 0 Å². The molecular weight excluding hydrogens is 364 g/mol. The zero-order valence-corrected chi connectivity index (χ0v) is 15.3. The van der Waals surface area contributed by atoms with Gasteiger partial charge in [0.25, 0.3) is 5.91 Å². The van der Waals surface area contributed by atoms with Crippen LogP contribution in [0.3, 0.4) is 0 Å². The van der Waals surface area contributed by atoms with Crippen molar-refractivity contribution in [3.63, 3.8) is 0 Å². The van der Waals surface area contributed by atoms with Gasteiger partial charge in [0, 0.05) is 13.1 Å². The first-order valence-corrected chi connectivity index (χ1v) is 8.66. The van der Waals surface area contributed by atoms with Gasteiger partial charge in [0.15, 0.2) is 0 Å². The summed E-state index contributed by atoms with van der Waals surface area (Å²) < 4.78 is 9.83. The zero-order chi connectivity index (χ0) is 20.1. The summed E-state index contributed by atoms with van der Waals surface area (Å²) in [5.41, 5.74) is 1.24. The van der Waals surface area contributed by atoms with Crippen LogP contribution in [0.25, 0.3) is 0 Å². The molecule has 2 amide bonds. The number of likely N-dealkylation sites (tertiary alicyclic amines) is 1. The van der Waals surface area contributed by atoms with E-state index in [1.165, 1.54) is 36.3 Å². The Bertz CT molecular complexity index is 864. The minimum Gasteiger partial charge on any atom is -0.465 e. The van der Waals surface area contributed by atoms with Gasteiger partial charge in [0.1, 0.15) is 6.61 Å². The van der Waals surface area contributed by atoms with Gasteiger partial charge in [-0.2, -0.15) is 5.06 Å². The van der Waals surface area contributed by atoms with Crippen LogP contribution in [-0.4, -0.2) is 48.3 Å². The molecule has 8 heteroatoms. The van der Waals surface area contributed by atoms with Gasteiger partial charge < -0.3 is 14.4 Å². The van der Waals surface area contributed by atoms with Crippen molar-refractivity contribution in [1.29, 1.82) is 0 Å². The number of rotatable bonds is 5. The van der Waals surface area contributed by atoms with Gasteiger partial charge >= 0.3 is 12.1 Å². The van der Waals surface area contributed by atoms with Gasteiger partial charge in [-0.1, -0.05) is 36.4 Å². The van der Waals surface area contributed by atoms with Crippen LogP contribution in [0.15, 0.2) is 54.6 Å². The molecule has 8 nitrogen and oxygen atoms in total. The molecule has 1 heterocycles. The van der Waals surface area contributed by atoms with Gasteiger partial charge in [0.2, 0.25) is 0 Å². The number of ether oxygens (including phenoxy) is 2. The van der Waals surface area contributed by atoms with E-state index in [4.69, 9.17) is 4.74 Å². The quantitative estimate of drug-likeness (QED) is 0.483. The van der Waals surface area contributed by atoms with Crippen LogP contribution in [0.1, 0.15) is 15.9 Å². The van der Waals surface area contributed by atoms with E-state index in [2.05, 4.69) is 4.74 Å². The number of nitrogens with zero attached hydrogens (tertiary/aromatic N) is 2. The van der Waals surface area contributed by atoms with Crippen molar-refractivity contribution < 1.29 is 29.1 Å². The second-order valence-corrected chi connectivity index (χ2v) is 6.33. The number of benzene rings is 2. The Kier molecular flexibility index (Phi) is 5.90. The summed E-state index contributed by atoms with van der Waals surface area (Å²) in [6, 6.07) is 15.2. The number of esters is 1. The first kappa shape index (κ1) is 19.4. The summed E-state index contributed by atoms with van der Waals surface area (Å²) in [6.07, 6.45) is -0.509. The van der Waals surface area contributed by atoms with E-state index < -0.39 is 23.9 Å². The fourth-order valence-electron chi connectivity index (χ4n) is 2.78. The molecule has 3 rings (SSSR count). The molecule has 0 spiro atoms. The maximum Gasteiger partial charge on any atom is 0.410 e. The highest BCUT2D eigenvalue weighted by Gasteiger charge is 2.39. The van der Waals surface area contributed by atoms with Crippen LogP contribution in [0, 0.1) is 5.92 Å². The van der Waals surface area contributed by atoms with E-state index in [-0.39, 0.29) is 30.9 Å². The highest BCUT2D eigenvalue weighted by Crippen LogP contribution is 2.23. The molecule has 146 valence electrons. The van der Waals surface area contributed by atoms with Gasteiger partial charge in [-0.05, 0) is 23.8 Å². The molecule has 0 saturated carbocycles. The van der Waals surface area contributed by atoms with Crippen molar-refractivity contribution in [2.24, 2.45) is 5.92 Å². The molecule has 0 unspecified atom stereocenters. The van der Waals surface area contributed by atoms with Gasteiger partial charge in [-0.25, -0.2) is 9.59 Å². The number of anilines is 1. The van der Waals surface area contributed by atoms with Crippen molar-refractivity contribution in [2.75, 3.05) is 25.3 Å². The molecule has 0 atom stereocenters. The van der Waals surface area contributed by atoms with E-state index in [0.29, 0.717) is 5.06 Å². The third-order valence-electron chi connectivity index (χ3n) is 4.41. The smallest absolute Gasteiger partial charge is 0.410 e. The highest BCUT2D eigenvalue weighted by atomic mass is 16.6. The van der Waals surface area contributed by atoms with Gasteiger partial charge in [-0.3, -0.25) is 10.0 Å². The lowest BCUT2D eigenvalue weighted by atomic mass is 9.99. The molecule has 2 aromatic carbocycles. The minimum absolute atomic E-state index is 0.151. The highest BCUT2D eigenvalue weighted by molar-refractivity contribution is 5.96. The molecule has 1 aliphatic heterocycles. The number of hydrogen-bond acceptors (Lipinski definition) is 6. The SMILES string of the molecule is COC(=O)c1cccc(N(O)C(=O)C2CN(C(=O)OCc3ccccc3)C2)c1. The lowest BCUT2D eigenvalue weighted by molar-refractivity contribution is -0.132. The molecule has 0 radical (unpaired) electrons. The van der Waals surface area contributed by atoms with Crippen LogP contribution < -0.4 is 5.06 Å². The Morgan fingerprint density at radius 2 is 1.82 bits per heavy atom. The van der Waals surface area contributed by atoms with Crippen molar-refractivity contribution >= 4 is 23.7 Å². The van der Waals surface area contributed by atoms with E-state index in [9.17, 15) is 19.6 Å². The number of hydrogen-bond donors (Lipinski definition) is 1. The maximum atomic E-state index is 12.4. The summed E-state index contributed by atoms with van der Waals surface area (Å²) in [4.78, 5) is 37.4. The molecule has 1 fully saturated rings. The first-order valence-electron chi connectivity index (χ1n) is 8.66. The molecule has 0 bridgehead atoms. The summed E-state index contributed by atoms with van der Waals surface area (Å²) in [6.45, 7) is 0.460. The predicted octanol–water partition coefficient (Wildman–Crippen LogP) is 2.46. The van der Waals surface area contributed by atoms with E-state index in [0.717, 1.165) is 5.56 Å². The van der Waals surface area contributed by atoms with Crippen LogP contribution >= 0.6 is 0 Å². The Hall–Kier alpha value is -3.39. The third kappa shape index (κ3) is 4.29. The van der Waals surface area contributed by atoms with Crippen molar-refractivity contribution in [1.82, 2.24) is 4.90 Å². The maximum absolute atomic E-state index is 12.4. The van der Waals surface area contributed by atoms with Crippen molar-refractivity contribution in [3.05, 3.63) is 65.7 Å². The molecular formula is C20H20N2O6. The average Bonchev–Trinajstić information content (AvgIpc) is 2.70. The first-order chi connectivity index (χ1) is 13.5. The van der Waals surface area contributed by atoms with E-state index >= 15 is 0 Å². The molecule has 28 heavy (non-hydrogen) atoms. The standard InChI is InChI=1S/C20H20N2O6/c1-27-19(24)15-8-5-9-17(10-15)22(26)18(23)16-11-21(12-16)20(25)28-13-14-6-3-2-4-7-14/h2-10,16,26H,11-13H2,1H3. The Morgan fingerprint density at radius 1 is 1.11 bits per heavy atom. The molecule has 1 saturated heterocycles.